The second-order valence-corrected chi connectivity index (χ2v) is 6.08. The number of rotatable bonds is 10. The highest BCUT2D eigenvalue weighted by Crippen LogP contribution is 2.29. The number of hydrogen-bond donors (Lipinski definition) is 1. The zero-order chi connectivity index (χ0) is 20.4. The number of nitrogens with one attached hydrogen (secondary N) is 1. The van der Waals surface area contributed by atoms with Crippen molar-refractivity contribution in [3.05, 3.63) is 53.6 Å². The number of para-hydroxylation sites is 1. The summed E-state index contributed by atoms with van der Waals surface area (Å²) in [4.78, 5) is 24.4. The van der Waals surface area contributed by atoms with Crippen LogP contribution in [0.15, 0.2) is 42.5 Å². The smallest absolute Gasteiger partial charge is 0.338 e. The van der Waals surface area contributed by atoms with E-state index in [1.54, 1.807) is 18.2 Å². The first-order valence-corrected chi connectivity index (χ1v) is 9.53. The average Bonchev–Trinajstić information content (AvgIpc) is 2.71. The summed E-state index contributed by atoms with van der Waals surface area (Å²) in [7, 11) is 0. The Labute approximate surface area is 165 Å². The Morgan fingerprint density at radius 3 is 2.46 bits per heavy atom. The van der Waals surface area contributed by atoms with Crippen molar-refractivity contribution < 1.29 is 23.8 Å². The topological polar surface area (TPSA) is 73.9 Å². The fourth-order valence-corrected chi connectivity index (χ4v) is 2.59. The van der Waals surface area contributed by atoms with Crippen molar-refractivity contribution in [1.29, 1.82) is 0 Å². The van der Waals surface area contributed by atoms with Gasteiger partial charge in [0.15, 0.2) is 18.1 Å². The van der Waals surface area contributed by atoms with Crippen LogP contribution in [0.4, 0.5) is 5.69 Å². The number of carbonyl (C=O) groups is 2. The monoisotopic (exact) mass is 385 g/mol. The molecular formula is C22H27NO5. The lowest BCUT2D eigenvalue weighted by Crippen LogP contribution is -2.21. The SMILES string of the molecule is CCCOc1ccc(C(=O)OCC(=O)Nc2ccccc2CC)cc1OCC. The van der Waals surface area contributed by atoms with E-state index in [0.29, 0.717) is 30.3 Å². The van der Waals surface area contributed by atoms with Crippen LogP contribution in [-0.2, 0) is 16.0 Å². The van der Waals surface area contributed by atoms with E-state index < -0.39 is 5.97 Å². The van der Waals surface area contributed by atoms with Gasteiger partial charge in [0.25, 0.3) is 5.91 Å². The molecule has 1 N–H and O–H groups in total. The molecule has 0 aliphatic rings. The molecule has 0 saturated heterocycles. The normalized spacial score (nSPS) is 10.2. The molecule has 2 aromatic carbocycles. The van der Waals surface area contributed by atoms with E-state index in [9.17, 15) is 9.59 Å². The fourth-order valence-electron chi connectivity index (χ4n) is 2.59. The molecule has 2 aromatic rings. The fraction of sp³-hybridized carbons (Fsp3) is 0.364. The highest BCUT2D eigenvalue weighted by molar-refractivity contribution is 5.96. The minimum Gasteiger partial charge on any atom is -0.490 e. The predicted octanol–water partition coefficient (Wildman–Crippen LogP) is 4.23. The Hall–Kier alpha value is -3.02. The standard InChI is InChI=1S/C22H27NO5/c1-4-13-27-19-12-11-17(14-20(19)26-6-3)22(25)28-15-21(24)23-18-10-8-7-9-16(18)5-2/h7-12,14H,4-6,13,15H2,1-3H3,(H,23,24). The number of amides is 1. The van der Waals surface area contributed by atoms with Crippen LogP contribution in [0.1, 0.15) is 43.1 Å². The quantitative estimate of drug-likeness (QED) is 0.620. The summed E-state index contributed by atoms with van der Waals surface area (Å²) in [6.07, 6.45) is 1.66. The van der Waals surface area contributed by atoms with Crippen LogP contribution in [0.5, 0.6) is 11.5 Å². The first-order chi connectivity index (χ1) is 13.6. The van der Waals surface area contributed by atoms with Crippen LogP contribution < -0.4 is 14.8 Å². The molecule has 1 amide bonds. The lowest BCUT2D eigenvalue weighted by molar-refractivity contribution is -0.119. The zero-order valence-electron chi connectivity index (χ0n) is 16.6. The molecule has 0 aromatic heterocycles. The number of aryl methyl sites for hydroxylation is 1. The number of anilines is 1. The van der Waals surface area contributed by atoms with Gasteiger partial charge in [-0.1, -0.05) is 32.0 Å². The van der Waals surface area contributed by atoms with Gasteiger partial charge in [0.2, 0.25) is 0 Å². The molecule has 6 heteroatoms. The summed E-state index contributed by atoms with van der Waals surface area (Å²) in [5, 5.41) is 2.77. The van der Waals surface area contributed by atoms with Crippen molar-refractivity contribution in [1.82, 2.24) is 0 Å². The summed E-state index contributed by atoms with van der Waals surface area (Å²) in [5.74, 6) is 0.0741. The number of ether oxygens (including phenoxy) is 3. The predicted molar refractivity (Wildman–Crippen MR) is 108 cm³/mol. The molecule has 0 fully saturated rings. The maximum absolute atomic E-state index is 12.3. The van der Waals surface area contributed by atoms with Gasteiger partial charge in [-0.2, -0.15) is 0 Å². The molecule has 2 rings (SSSR count). The maximum Gasteiger partial charge on any atom is 0.338 e. The molecular weight excluding hydrogens is 358 g/mol. The van der Waals surface area contributed by atoms with Crippen molar-refractivity contribution in [3.8, 4) is 11.5 Å². The minimum absolute atomic E-state index is 0.300. The van der Waals surface area contributed by atoms with Crippen LogP contribution in [-0.4, -0.2) is 31.7 Å². The lowest BCUT2D eigenvalue weighted by atomic mass is 10.1. The van der Waals surface area contributed by atoms with Crippen LogP contribution in [0.3, 0.4) is 0 Å². The van der Waals surface area contributed by atoms with Crippen LogP contribution in [0.25, 0.3) is 0 Å². The van der Waals surface area contributed by atoms with E-state index in [-0.39, 0.29) is 12.5 Å². The molecule has 0 aliphatic heterocycles. The molecule has 0 spiro atoms. The Balaban J connectivity index is 1.98. The number of hydrogen-bond acceptors (Lipinski definition) is 5. The lowest BCUT2D eigenvalue weighted by Gasteiger charge is -2.13. The average molecular weight is 385 g/mol. The molecule has 0 saturated carbocycles. The Morgan fingerprint density at radius 2 is 1.75 bits per heavy atom. The van der Waals surface area contributed by atoms with Crippen molar-refractivity contribution in [2.45, 2.75) is 33.6 Å². The van der Waals surface area contributed by atoms with Crippen LogP contribution >= 0.6 is 0 Å². The molecule has 150 valence electrons. The molecule has 0 radical (unpaired) electrons. The van der Waals surface area contributed by atoms with Gasteiger partial charge in [0, 0.05) is 5.69 Å². The summed E-state index contributed by atoms with van der Waals surface area (Å²) >= 11 is 0. The third kappa shape index (κ3) is 6.01. The second kappa shape index (κ2) is 11.0. The number of esters is 1. The summed E-state index contributed by atoms with van der Waals surface area (Å²) < 4.78 is 16.3. The molecule has 6 nitrogen and oxygen atoms in total. The summed E-state index contributed by atoms with van der Waals surface area (Å²) in [6.45, 7) is 6.51. The van der Waals surface area contributed by atoms with E-state index in [1.807, 2.05) is 45.0 Å². The van der Waals surface area contributed by atoms with Crippen molar-refractivity contribution in [2.75, 3.05) is 25.1 Å². The summed E-state index contributed by atoms with van der Waals surface area (Å²) in [6, 6.07) is 12.4. The molecule has 28 heavy (non-hydrogen) atoms. The molecule has 0 aliphatic carbocycles. The van der Waals surface area contributed by atoms with Crippen molar-refractivity contribution in [2.24, 2.45) is 0 Å². The van der Waals surface area contributed by atoms with E-state index in [2.05, 4.69) is 5.32 Å². The highest BCUT2D eigenvalue weighted by atomic mass is 16.5. The van der Waals surface area contributed by atoms with Crippen LogP contribution in [0.2, 0.25) is 0 Å². The van der Waals surface area contributed by atoms with Gasteiger partial charge >= 0.3 is 5.97 Å². The summed E-state index contributed by atoms with van der Waals surface area (Å²) in [5.41, 5.74) is 2.04. The third-order valence-electron chi connectivity index (χ3n) is 3.95. The van der Waals surface area contributed by atoms with Gasteiger partial charge in [0.05, 0.1) is 18.8 Å². The van der Waals surface area contributed by atoms with Crippen LogP contribution in [0, 0.1) is 0 Å². The third-order valence-corrected chi connectivity index (χ3v) is 3.95. The maximum atomic E-state index is 12.3. The van der Waals surface area contributed by atoms with Crippen molar-refractivity contribution in [3.63, 3.8) is 0 Å². The van der Waals surface area contributed by atoms with Gasteiger partial charge in [-0.25, -0.2) is 4.79 Å². The minimum atomic E-state index is -0.595. The molecule has 0 atom stereocenters. The van der Waals surface area contributed by atoms with Gasteiger partial charge in [0.1, 0.15) is 0 Å². The molecule has 0 bridgehead atoms. The first kappa shape index (κ1) is 21.3. The zero-order valence-corrected chi connectivity index (χ0v) is 16.6. The second-order valence-electron chi connectivity index (χ2n) is 6.08. The number of benzene rings is 2. The van der Waals surface area contributed by atoms with Gasteiger partial charge in [-0.3, -0.25) is 4.79 Å². The van der Waals surface area contributed by atoms with Gasteiger partial charge < -0.3 is 19.5 Å². The number of carbonyl (C=O) groups excluding carboxylic acids is 2. The van der Waals surface area contributed by atoms with Gasteiger partial charge in [-0.05, 0) is 49.6 Å². The van der Waals surface area contributed by atoms with E-state index in [4.69, 9.17) is 14.2 Å². The van der Waals surface area contributed by atoms with E-state index in [0.717, 1.165) is 24.1 Å². The molecule has 0 unspecified atom stereocenters. The first-order valence-electron chi connectivity index (χ1n) is 9.53. The van der Waals surface area contributed by atoms with E-state index in [1.165, 1.54) is 0 Å². The Morgan fingerprint density at radius 1 is 0.964 bits per heavy atom. The largest absolute Gasteiger partial charge is 0.490 e. The Kier molecular flexibility index (Phi) is 8.34. The van der Waals surface area contributed by atoms with E-state index >= 15 is 0 Å². The van der Waals surface area contributed by atoms with Crippen molar-refractivity contribution >= 4 is 17.6 Å². The highest BCUT2D eigenvalue weighted by Gasteiger charge is 2.15. The molecule has 0 heterocycles. The Bertz CT molecular complexity index is 803. The van der Waals surface area contributed by atoms with Gasteiger partial charge in [-0.15, -0.1) is 0 Å².